The van der Waals surface area contributed by atoms with Crippen LogP contribution in [0, 0.1) is 19.7 Å². The molecule has 1 N–H and O–H groups in total. The molecule has 0 unspecified atom stereocenters. The summed E-state index contributed by atoms with van der Waals surface area (Å²) in [6.07, 6.45) is 1.59. The monoisotopic (exact) mass is 306 g/mol. The first-order valence-corrected chi connectivity index (χ1v) is 7.81. The van der Waals surface area contributed by atoms with Crippen LogP contribution in [-0.4, -0.2) is 17.4 Å². The van der Waals surface area contributed by atoms with Crippen molar-refractivity contribution in [1.29, 1.82) is 0 Å². The highest BCUT2D eigenvalue weighted by atomic mass is 32.1. The Morgan fingerprint density at radius 2 is 2.05 bits per heavy atom. The van der Waals surface area contributed by atoms with Crippen molar-refractivity contribution < 1.29 is 9.18 Å². The smallest absolute Gasteiger partial charge is 0.220 e. The molecule has 1 aromatic heterocycles. The number of thiazole rings is 1. The Morgan fingerprint density at radius 3 is 2.71 bits per heavy atom. The molecule has 1 heterocycles. The zero-order chi connectivity index (χ0) is 15.2. The van der Waals surface area contributed by atoms with Gasteiger partial charge in [-0.15, -0.1) is 11.3 Å². The van der Waals surface area contributed by atoms with E-state index in [0.29, 0.717) is 31.4 Å². The maximum absolute atomic E-state index is 13.4. The number of nitrogens with one attached hydrogen (secondary N) is 1. The Bertz CT molecular complexity index is 605. The van der Waals surface area contributed by atoms with Crippen LogP contribution in [0.1, 0.15) is 27.6 Å². The first kappa shape index (κ1) is 15.6. The lowest BCUT2D eigenvalue weighted by molar-refractivity contribution is -0.121. The van der Waals surface area contributed by atoms with E-state index in [9.17, 15) is 9.18 Å². The lowest BCUT2D eigenvalue weighted by Gasteiger charge is -2.05. The molecular formula is C16H19FN2OS. The number of benzene rings is 1. The lowest BCUT2D eigenvalue weighted by Crippen LogP contribution is -2.26. The van der Waals surface area contributed by atoms with Crippen molar-refractivity contribution in [3.63, 3.8) is 0 Å². The number of rotatable bonds is 6. The van der Waals surface area contributed by atoms with Crippen LogP contribution in [0.25, 0.3) is 0 Å². The summed E-state index contributed by atoms with van der Waals surface area (Å²) in [7, 11) is 0. The first-order chi connectivity index (χ1) is 10.1. The predicted octanol–water partition coefficient (Wildman–Crippen LogP) is 3.19. The molecule has 112 valence electrons. The van der Waals surface area contributed by atoms with Gasteiger partial charge in [0.2, 0.25) is 5.91 Å². The van der Waals surface area contributed by atoms with Gasteiger partial charge in [0, 0.05) is 24.3 Å². The average molecular weight is 306 g/mol. The number of hydrogen-bond donors (Lipinski definition) is 1. The second-order valence-corrected chi connectivity index (χ2v) is 6.23. The van der Waals surface area contributed by atoms with E-state index in [4.69, 9.17) is 0 Å². The van der Waals surface area contributed by atoms with Crippen LogP contribution >= 0.6 is 11.3 Å². The highest BCUT2D eigenvalue weighted by Gasteiger charge is 2.07. The standard InChI is InChI=1S/C16H19FN2OS/c1-11-12(2)21-16(19-11)8-7-15(20)18-10-9-13-5-3-4-6-14(13)17/h3-6H,7-10H2,1-2H3,(H,18,20). The van der Waals surface area contributed by atoms with Gasteiger partial charge in [0.25, 0.3) is 0 Å². The molecule has 0 fully saturated rings. The Labute approximate surface area is 128 Å². The number of aromatic nitrogens is 1. The molecule has 0 atom stereocenters. The fraction of sp³-hybridized carbons (Fsp3) is 0.375. The number of nitrogens with zero attached hydrogens (tertiary/aromatic N) is 1. The summed E-state index contributed by atoms with van der Waals surface area (Å²) in [5.74, 6) is -0.239. The van der Waals surface area contributed by atoms with Gasteiger partial charge >= 0.3 is 0 Å². The Kier molecular flexibility index (Phi) is 5.44. The topological polar surface area (TPSA) is 42.0 Å². The second kappa shape index (κ2) is 7.31. The quantitative estimate of drug-likeness (QED) is 0.890. The van der Waals surface area contributed by atoms with Crippen LogP contribution in [0.2, 0.25) is 0 Å². The number of carbonyl (C=O) groups is 1. The molecule has 2 aromatic rings. The Balaban J connectivity index is 1.71. The average Bonchev–Trinajstić information content (AvgIpc) is 2.78. The van der Waals surface area contributed by atoms with Crippen molar-refractivity contribution in [1.82, 2.24) is 10.3 Å². The summed E-state index contributed by atoms with van der Waals surface area (Å²) in [6.45, 7) is 4.46. The molecule has 0 aliphatic heterocycles. The number of amides is 1. The summed E-state index contributed by atoms with van der Waals surface area (Å²) in [6, 6.07) is 6.63. The molecule has 3 nitrogen and oxygen atoms in total. The third-order valence-corrected chi connectivity index (χ3v) is 4.45. The first-order valence-electron chi connectivity index (χ1n) is 6.99. The zero-order valence-corrected chi connectivity index (χ0v) is 13.1. The minimum Gasteiger partial charge on any atom is -0.356 e. The molecule has 1 amide bonds. The van der Waals surface area contributed by atoms with Crippen LogP contribution in [0.4, 0.5) is 4.39 Å². The third kappa shape index (κ3) is 4.63. The largest absolute Gasteiger partial charge is 0.356 e. The van der Waals surface area contributed by atoms with Crippen molar-refractivity contribution in [2.75, 3.05) is 6.54 Å². The van der Waals surface area contributed by atoms with Gasteiger partial charge in [0.1, 0.15) is 5.82 Å². The molecule has 0 bridgehead atoms. The van der Waals surface area contributed by atoms with Crippen molar-refractivity contribution in [2.45, 2.75) is 33.1 Å². The zero-order valence-electron chi connectivity index (χ0n) is 12.3. The molecule has 0 spiro atoms. The van der Waals surface area contributed by atoms with Gasteiger partial charge in [-0.25, -0.2) is 9.37 Å². The van der Waals surface area contributed by atoms with E-state index in [-0.39, 0.29) is 11.7 Å². The summed E-state index contributed by atoms with van der Waals surface area (Å²) in [5, 5.41) is 3.82. The van der Waals surface area contributed by atoms with E-state index >= 15 is 0 Å². The molecule has 1 aromatic carbocycles. The second-order valence-electron chi connectivity index (χ2n) is 4.94. The molecule has 0 aliphatic carbocycles. The van der Waals surface area contributed by atoms with E-state index in [1.165, 1.54) is 10.9 Å². The van der Waals surface area contributed by atoms with Gasteiger partial charge < -0.3 is 5.32 Å². The molecule has 0 saturated heterocycles. The molecule has 0 aliphatic rings. The van der Waals surface area contributed by atoms with Crippen molar-refractivity contribution in [3.05, 3.63) is 51.2 Å². The molecule has 21 heavy (non-hydrogen) atoms. The fourth-order valence-electron chi connectivity index (χ4n) is 1.99. The van der Waals surface area contributed by atoms with Crippen molar-refractivity contribution in [2.24, 2.45) is 0 Å². The van der Waals surface area contributed by atoms with Crippen molar-refractivity contribution in [3.8, 4) is 0 Å². The van der Waals surface area contributed by atoms with E-state index in [1.807, 2.05) is 13.8 Å². The summed E-state index contributed by atoms with van der Waals surface area (Å²) < 4.78 is 13.4. The molecule has 0 radical (unpaired) electrons. The summed E-state index contributed by atoms with van der Waals surface area (Å²) >= 11 is 1.64. The van der Waals surface area contributed by atoms with E-state index in [2.05, 4.69) is 10.3 Å². The van der Waals surface area contributed by atoms with Gasteiger partial charge in [-0.2, -0.15) is 0 Å². The summed E-state index contributed by atoms with van der Waals surface area (Å²) in [4.78, 5) is 17.4. The minimum atomic E-state index is -0.222. The lowest BCUT2D eigenvalue weighted by atomic mass is 10.1. The maximum Gasteiger partial charge on any atom is 0.220 e. The van der Waals surface area contributed by atoms with Gasteiger partial charge in [0.05, 0.1) is 10.7 Å². The highest BCUT2D eigenvalue weighted by Crippen LogP contribution is 2.17. The van der Waals surface area contributed by atoms with Gasteiger partial charge in [-0.1, -0.05) is 18.2 Å². The molecular weight excluding hydrogens is 287 g/mol. The van der Waals surface area contributed by atoms with Gasteiger partial charge in [-0.05, 0) is 31.9 Å². The van der Waals surface area contributed by atoms with Crippen LogP contribution in [0.3, 0.4) is 0 Å². The van der Waals surface area contributed by atoms with Crippen LogP contribution < -0.4 is 5.32 Å². The minimum absolute atomic E-state index is 0.0168. The molecule has 5 heteroatoms. The fourth-order valence-corrected chi connectivity index (χ4v) is 2.93. The third-order valence-electron chi connectivity index (χ3n) is 3.31. The van der Waals surface area contributed by atoms with Gasteiger partial charge in [0.15, 0.2) is 0 Å². The summed E-state index contributed by atoms with van der Waals surface area (Å²) in [5.41, 5.74) is 1.67. The Hall–Kier alpha value is -1.75. The van der Waals surface area contributed by atoms with Crippen molar-refractivity contribution >= 4 is 17.2 Å². The van der Waals surface area contributed by atoms with Crippen LogP contribution in [-0.2, 0) is 17.6 Å². The molecule has 2 rings (SSSR count). The number of aryl methyl sites for hydroxylation is 3. The van der Waals surface area contributed by atoms with E-state index in [0.717, 1.165) is 10.7 Å². The predicted molar refractivity (Wildman–Crippen MR) is 83.0 cm³/mol. The number of hydrogen-bond acceptors (Lipinski definition) is 3. The van der Waals surface area contributed by atoms with Crippen LogP contribution in [0.15, 0.2) is 24.3 Å². The maximum atomic E-state index is 13.4. The highest BCUT2D eigenvalue weighted by molar-refractivity contribution is 7.11. The number of carbonyl (C=O) groups excluding carboxylic acids is 1. The van der Waals surface area contributed by atoms with E-state index < -0.39 is 0 Å². The SMILES string of the molecule is Cc1nc(CCC(=O)NCCc2ccccc2F)sc1C. The number of halogens is 1. The van der Waals surface area contributed by atoms with Gasteiger partial charge in [-0.3, -0.25) is 4.79 Å². The van der Waals surface area contributed by atoms with Crippen LogP contribution in [0.5, 0.6) is 0 Å². The normalized spacial score (nSPS) is 10.6. The van der Waals surface area contributed by atoms with E-state index in [1.54, 1.807) is 29.5 Å². The Morgan fingerprint density at radius 1 is 1.29 bits per heavy atom. The molecule has 0 saturated carbocycles.